The molecule has 0 aromatic heterocycles. The second-order valence-electron chi connectivity index (χ2n) is 4.20. The molecule has 0 spiro atoms. The van der Waals surface area contributed by atoms with Crippen molar-refractivity contribution in [2.45, 2.75) is 19.3 Å². The highest BCUT2D eigenvalue weighted by molar-refractivity contribution is 6.28. The lowest BCUT2D eigenvalue weighted by Gasteiger charge is -2.16. The first-order valence-electron chi connectivity index (χ1n) is 5.82. The van der Waals surface area contributed by atoms with Gasteiger partial charge in [0.1, 0.15) is 11.5 Å². The van der Waals surface area contributed by atoms with Crippen LogP contribution in [0.15, 0.2) is 35.6 Å². The van der Waals surface area contributed by atoms with E-state index in [1.54, 1.807) is 31.4 Å². The van der Waals surface area contributed by atoms with Gasteiger partial charge in [0.2, 0.25) is 0 Å². The highest BCUT2D eigenvalue weighted by Gasteiger charge is 2.24. The molecule has 0 saturated heterocycles. The molecule has 18 heavy (non-hydrogen) atoms. The Morgan fingerprint density at radius 1 is 1.28 bits per heavy atom. The van der Waals surface area contributed by atoms with Crippen LogP contribution in [0.4, 0.5) is 0 Å². The highest BCUT2D eigenvalue weighted by atomic mass is 16.5. The summed E-state index contributed by atoms with van der Waals surface area (Å²) >= 11 is 0. The lowest BCUT2D eigenvalue weighted by molar-refractivity contribution is -0.115. The van der Waals surface area contributed by atoms with Crippen molar-refractivity contribution >= 4 is 11.5 Å². The molecule has 0 saturated carbocycles. The molecular weight excluding hydrogens is 230 g/mol. The Kier molecular flexibility index (Phi) is 3.46. The van der Waals surface area contributed by atoms with Crippen molar-refractivity contribution in [3.8, 4) is 5.75 Å². The minimum atomic E-state index is -0.153. The zero-order valence-corrected chi connectivity index (χ0v) is 10.2. The number of hydrogen-bond donors (Lipinski definition) is 2. The summed E-state index contributed by atoms with van der Waals surface area (Å²) in [6, 6.07) is 6.89. The van der Waals surface area contributed by atoms with Crippen molar-refractivity contribution in [3.63, 3.8) is 0 Å². The van der Waals surface area contributed by atoms with Gasteiger partial charge in [0, 0.05) is 18.4 Å². The van der Waals surface area contributed by atoms with Crippen LogP contribution in [-0.2, 0) is 4.79 Å². The maximum Gasteiger partial charge on any atom is 0.168 e. The number of nitrogens with one attached hydrogen (secondary N) is 1. The molecule has 0 fully saturated rings. The van der Waals surface area contributed by atoms with Gasteiger partial charge in [-0.15, -0.1) is 0 Å². The van der Waals surface area contributed by atoms with Gasteiger partial charge in [0.25, 0.3) is 0 Å². The zero-order chi connectivity index (χ0) is 13.1. The number of hydrogen-bond acceptors (Lipinski definition) is 4. The molecule has 4 nitrogen and oxygen atoms in total. The van der Waals surface area contributed by atoms with Crippen LogP contribution in [0, 0.1) is 5.41 Å². The normalized spacial score (nSPS) is 15.7. The maximum absolute atomic E-state index is 11.8. The second kappa shape index (κ2) is 5.04. The van der Waals surface area contributed by atoms with E-state index >= 15 is 0 Å². The second-order valence-corrected chi connectivity index (χ2v) is 4.20. The van der Waals surface area contributed by atoms with Gasteiger partial charge in [-0.25, -0.2) is 0 Å². The molecule has 0 aliphatic heterocycles. The van der Waals surface area contributed by atoms with Crippen LogP contribution in [0.25, 0.3) is 0 Å². The summed E-state index contributed by atoms with van der Waals surface area (Å²) in [4.78, 5) is 11.8. The topological polar surface area (TPSA) is 70.4 Å². The van der Waals surface area contributed by atoms with Gasteiger partial charge in [-0.05, 0) is 30.7 Å². The summed E-state index contributed by atoms with van der Waals surface area (Å²) in [6.07, 6.45) is 1.53. The standard InChI is InChI=1S/C14H15NO3/c1-18-10-7-5-9(6-8-10)14(15)13-11(16)3-2-4-12(13)17/h5-8,15-16H,2-4H2,1H3. The third-order valence-corrected chi connectivity index (χ3v) is 3.01. The summed E-state index contributed by atoms with van der Waals surface area (Å²) in [6.45, 7) is 0. The molecule has 1 aromatic carbocycles. The fourth-order valence-corrected chi connectivity index (χ4v) is 2.01. The largest absolute Gasteiger partial charge is 0.511 e. The predicted octanol–water partition coefficient (Wildman–Crippen LogP) is 2.63. The van der Waals surface area contributed by atoms with Crippen LogP contribution in [-0.4, -0.2) is 23.7 Å². The van der Waals surface area contributed by atoms with Crippen LogP contribution >= 0.6 is 0 Å². The number of aliphatic hydroxyl groups is 1. The number of aliphatic hydroxyl groups excluding tert-OH is 1. The number of rotatable bonds is 3. The molecule has 0 amide bonds. The number of ketones is 1. The molecule has 0 unspecified atom stereocenters. The minimum Gasteiger partial charge on any atom is -0.511 e. The molecule has 1 aromatic rings. The third kappa shape index (κ3) is 2.27. The molecule has 0 heterocycles. The van der Waals surface area contributed by atoms with Gasteiger partial charge < -0.3 is 9.84 Å². The van der Waals surface area contributed by atoms with Crippen molar-refractivity contribution in [1.82, 2.24) is 0 Å². The van der Waals surface area contributed by atoms with Crippen LogP contribution < -0.4 is 4.74 Å². The number of carbonyl (C=O) groups is 1. The number of benzene rings is 1. The lowest BCUT2D eigenvalue weighted by atomic mass is 9.90. The molecule has 0 bridgehead atoms. The average molecular weight is 245 g/mol. The molecule has 0 radical (unpaired) electrons. The number of carbonyl (C=O) groups excluding carboxylic acids is 1. The van der Waals surface area contributed by atoms with E-state index in [4.69, 9.17) is 10.1 Å². The Hall–Kier alpha value is -2.10. The van der Waals surface area contributed by atoms with Crippen molar-refractivity contribution in [2.75, 3.05) is 7.11 Å². The fourth-order valence-electron chi connectivity index (χ4n) is 2.01. The average Bonchev–Trinajstić information content (AvgIpc) is 2.38. The molecule has 2 rings (SSSR count). The summed E-state index contributed by atoms with van der Waals surface area (Å²) in [5.41, 5.74) is 0.846. The first-order chi connectivity index (χ1) is 8.63. The Labute approximate surface area is 105 Å². The first kappa shape index (κ1) is 12.4. The van der Waals surface area contributed by atoms with Crippen LogP contribution in [0.3, 0.4) is 0 Å². The van der Waals surface area contributed by atoms with Gasteiger partial charge in [-0.2, -0.15) is 0 Å². The Bertz CT molecular complexity index is 514. The van der Waals surface area contributed by atoms with E-state index in [-0.39, 0.29) is 22.8 Å². The van der Waals surface area contributed by atoms with Crippen LogP contribution in [0.1, 0.15) is 24.8 Å². The van der Waals surface area contributed by atoms with E-state index in [1.165, 1.54) is 0 Å². The monoisotopic (exact) mass is 245 g/mol. The van der Waals surface area contributed by atoms with Gasteiger partial charge in [-0.3, -0.25) is 10.2 Å². The Morgan fingerprint density at radius 3 is 2.50 bits per heavy atom. The number of methoxy groups -OCH3 is 1. The third-order valence-electron chi connectivity index (χ3n) is 3.01. The smallest absolute Gasteiger partial charge is 0.168 e. The number of Topliss-reactive ketones (excluding diaryl/α,β-unsaturated/α-hetero) is 1. The number of ether oxygens (including phenoxy) is 1. The van der Waals surface area contributed by atoms with E-state index in [9.17, 15) is 9.90 Å². The highest BCUT2D eigenvalue weighted by Crippen LogP contribution is 2.24. The van der Waals surface area contributed by atoms with Crippen LogP contribution in [0.5, 0.6) is 5.75 Å². The summed E-state index contributed by atoms with van der Waals surface area (Å²) in [5, 5.41) is 17.8. The van der Waals surface area contributed by atoms with E-state index in [0.717, 1.165) is 0 Å². The molecule has 2 N–H and O–H groups in total. The predicted molar refractivity (Wildman–Crippen MR) is 68.3 cm³/mol. The Balaban J connectivity index is 2.32. The summed E-state index contributed by atoms with van der Waals surface area (Å²) in [7, 11) is 1.57. The summed E-state index contributed by atoms with van der Waals surface area (Å²) in [5.74, 6) is 0.575. The van der Waals surface area contributed by atoms with Crippen molar-refractivity contribution in [1.29, 1.82) is 5.41 Å². The lowest BCUT2D eigenvalue weighted by Crippen LogP contribution is -2.19. The fraction of sp³-hybridized carbons (Fsp3) is 0.286. The van der Waals surface area contributed by atoms with Crippen molar-refractivity contribution in [3.05, 3.63) is 41.2 Å². The molecule has 4 heteroatoms. The molecule has 1 aliphatic carbocycles. The van der Waals surface area contributed by atoms with Gasteiger partial charge in [0.05, 0.1) is 18.4 Å². The van der Waals surface area contributed by atoms with Gasteiger partial charge in [0.15, 0.2) is 5.78 Å². The van der Waals surface area contributed by atoms with Crippen molar-refractivity contribution in [2.24, 2.45) is 0 Å². The van der Waals surface area contributed by atoms with E-state index in [2.05, 4.69) is 0 Å². The molecule has 94 valence electrons. The quantitative estimate of drug-likeness (QED) is 0.804. The number of allylic oxidation sites excluding steroid dienone is 2. The SMILES string of the molecule is COc1ccc(C(=N)C2=C(O)CCCC2=O)cc1. The molecule has 1 aliphatic rings. The van der Waals surface area contributed by atoms with E-state index in [1.807, 2.05) is 0 Å². The van der Waals surface area contributed by atoms with Gasteiger partial charge in [-0.1, -0.05) is 0 Å². The van der Waals surface area contributed by atoms with E-state index in [0.29, 0.717) is 30.6 Å². The maximum atomic E-state index is 11.8. The van der Waals surface area contributed by atoms with Crippen LogP contribution in [0.2, 0.25) is 0 Å². The first-order valence-corrected chi connectivity index (χ1v) is 5.82. The minimum absolute atomic E-state index is 0.0343. The van der Waals surface area contributed by atoms with Crippen molar-refractivity contribution < 1.29 is 14.6 Å². The zero-order valence-electron chi connectivity index (χ0n) is 10.2. The van der Waals surface area contributed by atoms with Gasteiger partial charge >= 0.3 is 0 Å². The van der Waals surface area contributed by atoms with E-state index < -0.39 is 0 Å². The summed E-state index contributed by atoms with van der Waals surface area (Å²) < 4.78 is 5.04. The molecule has 0 atom stereocenters. The Morgan fingerprint density at radius 2 is 1.94 bits per heavy atom. The molecular formula is C14H15NO3.